The van der Waals surface area contributed by atoms with Crippen molar-refractivity contribution in [3.63, 3.8) is 0 Å². The lowest BCUT2D eigenvalue weighted by atomic mass is 10.1. The van der Waals surface area contributed by atoms with Crippen molar-refractivity contribution in [3.8, 4) is 0 Å². The predicted octanol–water partition coefficient (Wildman–Crippen LogP) is 2.26. The van der Waals surface area contributed by atoms with E-state index in [1.165, 1.54) is 0 Å². The number of hydrogen-bond acceptors (Lipinski definition) is 4. The first-order valence-corrected chi connectivity index (χ1v) is 5.09. The number of benzene rings is 1. The van der Waals surface area contributed by atoms with E-state index < -0.39 is 0 Å². The van der Waals surface area contributed by atoms with Gasteiger partial charge in [-0.05, 0) is 17.5 Å². The van der Waals surface area contributed by atoms with Crippen LogP contribution in [0.1, 0.15) is 5.56 Å². The van der Waals surface area contributed by atoms with Crippen LogP contribution in [0.5, 0.6) is 0 Å². The summed E-state index contributed by atoms with van der Waals surface area (Å²) in [5.74, 6) is 0. The number of fused-ring (bicyclic) bond motifs is 1. The summed E-state index contributed by atoms with van der Waals surface area (Å²) in [5, 5.41) is 10.2. The normalized spacial score (nSPS) is 10.9. The molecule has 0 saturated carbocycles. The Morgan fingerprint density at radius 2 is 2.23 bits per heavy atom. The van der Waals surface area contributed by atoms with Crippen LogP contribution in [0.4, 0.5) is 5.69 Å². The minimum absolute atomic E-state index is 0.0170. The summed E-state index contributed by atoms with van der Waals surface area (Å²) in [7, 11) is 0. The molecule has 2 aromatic rings. The number of thiophene rings is 1. The monoisotopic (exact) mass is 211 g/mol. The van der Waals surface area contributed by atoms with Gasteiger partial charge in [0.25, 0.3) is 0 Å². The van der Waals surface area contributed by atoms with Crippen LogP contribution in [-0.4, -0.2) is 5.11 Å². The van der Waals surface area contributed by atoms with Crippen LogP contribution in [0.25, 0.3) is 10.1 Å². The molecule has 13 heavy (non-hydrogen) atoms. The number of anilines is 1. The molecule has 2 rings (SSSR count). The van der Waals surface area contributed by atoms with Crippen LogP contribution < -0.4 is 5.73 Å². The zero-order valence-electron chi connectivity index (χ0n) is 6.82. The molecule has 0 spiro atoms. The molecule has 1 aromatic carbocycles. The van der Waals surface area contributed by atoms with Gasteiger partial charge in [0.15, 0.2) is 0 Å². The number of rotatable bonds is 1. The highest BCUT2D eigenvalue weighted by Gasteiger charge is 2.06. The average Bonchev–Trinajstić information content (AvgIpc) is 2.45. The van der Waals surface area contributed by atoms with Crippen molar-refractivity contribution in [3.05, 3.63) is 23.8 Å². The molecule has 0 aliphatic heterocycles. The minimum atomic E-state index is -0.0170. The third-order valence-electron chi connectivity index (χ3n) is 1.97. The van der Waals surface area contributed by atoms with Gasteiger partial charge in [-0.25, -0.2) is 0 Å². The maximum absolute atomic E-state index is 9.13. The summed E-state index contributed by atoms with van der Waals surface area (Å²) < 4.78 is 1.97. The average molecular weight is 211 g/mol. The smallest absolute Gasteiger partial charge is 0.0716 e. The Kier molecular flexibility index (Phi) is 2.19. The molecule has 1 heterocycles. The maximum atomic E-state index is 9.13. The van der Waals surface area contributed by atoms with Gasteiger partial charge in [-0.2, -0.15) is 0 Å². The van der Waals surface area contributed by atoms with Crippen molar-refractivity contribution in [1.82, 2.24) is 0 Å². The van der Waals surface area contributed by atoms with E-state index in [2.05, 4.69) is 12.6 Å². The third kappa shape index (κ3) is 1.41. The standard InChI is InChI=1S/C9H9NOS2/c10-7-2-1-5-3-8(12)13-9(5)6(7)4-11/h1-3,11-12H,4,10H2. The Balaban J connectivity index is 2.82. The van der Waals surface area contributed by atoms with Gasteiger partial charge in [0.1, 0.15) is 0 Å². The van der Waals surface area contributed by atoms with Crippen molar-refractivity contribution in [2.24, 2.45) is 0 Å². The highest BCUT2D eigenvalue weighted by Crippen LogP contribution is 2.33. The Morgan fingerprint density at radius 1 is 1.46 bits per heavy atom. The maximum Gasteiger partial charge on any atom is 0.0716 e. The fraction of sp³-hybridized carbons (Fsp3) is 0.111. The zero-order chi connectivity index (χ0) is 9.42. The lowest BCUT2D eigenvalue weighted by molar-refractivity contribution is 0.284. The number of nitrogen functional groups attached to an aromatic ring is 1. The molecule has 3 N–H and O–H groups in total. The van der Waals surface area contributed by atoms with Gasteiger partial charge in [-0.3, -0.25) is 0 Å². The highest BCUT2D eigenvalue weighted by atomic mass is 32.2. The quantitative estimate of drug-likeness (QED) is 0.500. The Morgan fingerprint density at radius 3 is 2.92 bits per heavy atom. The predicted molar refractivity (Wildman–Crippen MR) is 59.4 cm³/mol. The molecule has 0 fully saturated rings. The Bertz CT molecular complexity index is 450. The summed E-state index contributed by atoms with van der Waals surface area (Å²) in [6.07, 6.45) is 0. The molecule has 2 nitrogen and oxygen atoms in total. The van der Waals surface area contributed by atoms with E-state index in [4.69, 9.17) is 10.8 Å². The van der Waals surface area contributed by atoms with E-state index in [1.807, 2.05) is 18.2 Å². The lowest BCUT2D eigenvalue weighted by Gasteiger charge is -2.02. The van der Waals surface area contributed by atoms with E-state index in [9.17, 15) is 0 Å². The number of nitrogens with two attached hydrogens (primary N) is 1. The van der Waals surface area contributed by atoms with E-state index in [-0.39, 0.29) is 6.61 Å². The molecular formula is C9H9NOS2. The van der Waals surface area contributed by atoms with Crippen LogP contribution in [0, 0.1) is 0 Å². The second-order valence-corrected chi connectivity index (χ2v) is 4.63. The minimum Gasteiger partial charge on any atom is -0.398 e. The molecular weight excluding hydrogens is 202 g/mol. The van der Waals surface area contributed by atoms with Crippen molar-refractivity contribution in [1.29, 1.82) is 0 Å². The summed E-state index contributed by atoms with van der Waals surface area (Å²) in [4.78, 5) is 0. The third-order valence-corrected chi connectivity index (χ3v) is 3.39. The fourth-order valence-electron chi connectivity index (χ4n) is 1.33. The highest BCUT2D eigenvalue weighted by molar-refractivity contribution is 7.83. The number of aliphatic hydroxyl groups is 1. The van der Waals surface area contributed by atoms with Crippen molar-refractivity contribution < 1.29 is 5.11 Å². The van der Waals surface area contributed by atoms with Crippen LogP contribution in [0.15, 0.2) is 22.4 Å². The van der Waals surface area contributed by atoms with Crippen LogP contribution in [-0.2, 0) is 6.61 Å². The summed E-state index contributed by atoms with van der Waals surface area (Å²) in [6, 6.07) is 5.73. The lowest BCUT2D eigenvalue weighted by Crippen LogP contribution is -1.93. The molecule has 0 aliphatic carbocycles. The Hall–Kier alpha value is -0.710. The first kappa shape index (κ1) is 8.87. The van der Waals surface area contributed by atoms with Crippen LogP contribution >= 0.6 is 24.0 Å². The van der Waals surface area contributed by atoms with E-state index in [0.717, 1.165) is 19.9 Å². The van der Waals surface area contributed by atoms with Gasteiger partial charge in [0.05, 0.1) is 10.8 Å². The first-order valence-electron chi connectivity index (χ1n) is 3.83. The van der Waals surface area contributed by atoms with Gasteiger partial charge < -0.3 is 10.8 Å². The molecule has 1 aromatic heterocycles. The second kappa shape index (κ2) is 3.21. The topological polar surface area (TPSA) is 46.2 Å². The van der Waals surface area contributed by atoms with Crippen molar-refractivity contribution in [2.45, 2.75) is 10.8 Å². The molecule has 0 bridgehead atoms. The number of aliphatic hydroxyl groups excluding tert-OH is 1. The molecule has 4 heteroatoms. The largest absolute Gasteiger partial charge is 0.398 e. The summed E-state index contributed by atoms with van der Waals surface area (Å²) in [6.45, 7) is -0.0170. The summed E-state index contributed by atoms with van der Waals surface area (Å²) in [5.41, 5.74) is 7.18. The molecule has 0 atom stereocenters. The Labute approximate surface area is 85.4 Å². The van der Waals surface area contributed by atoms with E-state index in [1.54, 1.807) is 11.3 Å². The fourth-order valence-corrected chi connectivity index (χ4v) is 2.68. The van der Waals surface area contributed by atoms with Crippen LogP contribution in [0.3, 0.4) is 0 Å². The molecule has 0 saturated heterocycles. The van der Waals surface area contributed by atoms with Gasteiger partial charge in [-0.1, -0.05) is 6.07 Å². The van der Waals surface area contributed by atoms with Crippen LogP contribution in [0.2, 0.25) is 0 Å². The second-order valence-electron chi connectivity index (χ2n) is 2.79. The van der Waals surface area contributed by atoms with Gasteiger partial charge in [0.2, 0.25) is 0 Å². The zero-order valence-corrected chi connectivity index (χ0v) is 8.53. The van der Waals surface area contributed by atoms with Crippen molar-refractivity contribution >= 4 is 39.7 Å². The molecule has 0 aliphatic rings. The summed E-state index contributed by atoms with van der Waals surface area (Å²) >= 11 is 5.80. The first-order chi connectivity index (χ1) is 6.22. The number of thiol groups is 1. The molecule has 68 valence electrons. The molecule has 0 unspecified atom stereocenters. The molecule has 0 radical (unpaired) electrons. The SMILES string of the molecule is Nc1ccc2cc(S)sc2c1CO. The van der Waals surface area contributed by atoms with Crippen molar-refractivity contribution in [2.75, 3.05) is 5.73 Å². The number of hydrogen-bond donors (Lipinski definition) is 3. The van der Waals surface area contributed by atoms with Gasteiger partial charge in [0, 0.05) is 16.0 Å². The van der Waals surface area contributed by atoms with E-state index >= 15 is 0 Å². The van der Waals surface area contributed by atoms with E-state index in [0.29, 0.717) is 5.69 Å². The van der Waals surface area contributed by atoms with Gasteiger partial charge >= 0.3 is 0 Å². The molecule has 0 amide bonds. The van der Waals surface area contributed by atoms with Gasteiger partial charge in [-0.15, -0.1) is 24.0 Å².